The van der Waals surface area contributed by atoms with Crippen LogP contribution in [0, 0.1) is 11.8 Å². The monoisotopic (exact) mass is 332 g/mol. The van der Waals surface area contributed by atoms with Gasteiger partial charge in [0, 0.05) is 11.8 Å². The molecule has 0 aliphatic heterocycles. The second kappa shape index (κ2) is 6.84. The smallest absolute Gasteiger partial charge is 0.307 e. The van der Waals surface area contributed by atoms with Crippen molar-refractivity contribution in [3.8, 4) is 0 Å². The lowest BCUT2D eigenvalue weighted by Gasteiger charge is -2.48. The molecule has 1 aliphatic carbocycles. The fourth-order valence-electron chi connectivity index (χ4n) is 3.54. The number of benzene rings is 2. The third-order valence-electron chi connectivity index (χ3n) is 4.49. The zero-order chi connectivity index (χ0) is 15.7. The van der Waals surface area contributed by atoms with Gasteiger partial charge in [0.2, 0.25) is 0 Å². The Kier molecular flexibility index (Phi) is 5.06. The normalized spacial score (nSPS) is 25.7. The second-order valence-corrected chi connectivity index (χ2v) is 5.60. The van der Waals surface area contributed by atoms with Crippen LogP contribution >= 0.6 is 12.4 Å². The van der Waals surface area contributed by atoms with Crippen molar-refractivity contribution in [2.75, 3.05) is 0 Å². The number of hydrogen-bond donors (Lipinski definition) is 2. The molecular weight excluding hydrogens is 316 g/mol. The third kappa shape index (κ3) is 2.94. The van der Waals surface area contributed by atoms with E-state index in [0.717, 1.165) is 11.1 Å². The SMILES string of the molecule is Cl.O=C(O)[C@H]1[C@H](c2ccccc2)[C@H](C(=O)O)[C@@H]1c1ccccc1. The van der Waals surface area contributed by atoms with Crippen LogP contribution in [-0.2, 0) is 9.59 Å². The molecule has 0 aromatic heterocycles. The Balaban J connectivity index is 0.00000192. The number of rotatable bonds is 4. The molecular formula is C18H17ClO4. The standard InChI is InChI=1S/C18H16O4.ClH/c19-17(20)15-13(11-7-3-1-4-8-11)16(18(21)22)14(15)12-9-5-2-6-10-12;/h1-10,13-16H,(H,19,20)(H,21,22);1H/t13-,14+,15-,16-;. The van der Waals surface area contributed by atoms with Crippen LogP contribution in [0.4, 0.5) is 0 Å². The van der Waals surface area contributed by atoms with Gasteiger partial charge in [-0.1, -0.05) is 60.7 Å². The largest absolute Gasteiger partial charge is 0.481 e. The number of carboxylic acid groups (broad SMARTS) is 2. The average Bonchev–Trinajstić information content (AvgIpc) is 2.47. The average molecular weight is 333 g/mol. The molecule has 0 amide bonds. The minimum atomic E-state index is -0.944. The molecule has 23 heavy (non-hydrogen) atoms. The molecule has 2 aromatic carbocycles. The molecule has 0 spiro atoms. The molecule has 5 heteroatoms. The lowest BCUT2D eigenvalue weighted by atomic mass is 9.52. The van der Waals surface area contributed by atoms with E-state index in [9.17, 15) is 19.8 Å². The minimum absolute atomic E-state index is 0. The van der Waals surface area contributed by atoms with Crippen molar-refractivity contribution in [1.82, 2.24) is 0 Å². The van der Waals surface area contributed by atoms with E-state index in [-0.39, 0.29) is 12.4 Å². The first-order chi connectivity index (χ1) is 10.6. The zero-order valence-corrected chi connectivity index (χ0v) is 13.0. The maximum Gasteiger partial charge on any atom is 0.307 e. The van der Waals surface area contributed by atoms with E-state index in [1.807, 2.05) is 36.4 Å². The number of carbonyl (C=O) groups is 2. The molecule has 2 aromatic rings. The fraction of sp³-hybridized carbons (Fsp3) is 0.222. The van der Waals surface area contributed by atoms with Crippen molar-refractivity contribution in [1.29, 1.82) is 0 Å². The predicted molar refractivity (Wildman–Crippen MR) is 87.9 cm³/mol. The molecule has 1 fully saturated rings. The van der Waals surface area contributed by atoms with Crippen LogP contribution in [0.2, 0.25) is 0 Å². The Labute approximate surface area is 140 Å². The lowest BCUT2D eigenvalue weighted by Crippen LogP contribution is -2.50. The summed E-state index contributed by atoms with van der Waals surface area (Å²) in [5, 5.41) is 19.2. The summed E-state index contributed by atoms with van der Waals surface area (Å²) in [5.74, 6) is -4.32. The van der Waals surface area contributed by atoms with Crippen molar-refractivity contribution in [3.63, 3.8) is 0 Å². The van der Waals surface area contributed by atoms with Crippen LogP contribution < -0.4 is 0 Å². The quantitative estimate of drug-likeness (QED) is 0.900. The van der Waals surface area contributed by atoms with Crippen molar-refractivity contribution >= 4 is 24.3 Å². The maximum absolute atomic E-state index is 11.7. The Morgan fingerprint density at radius 1 is 0.652 bits per heavy atom. The number of hydrogen-bond acceptors (Lipinski definition) is 2. The second-order valence-electron chi connectivity index (χ2n) is 5.60. The van der Waals surface area contributed by atoms with Gasteiger partial charge in [0.1, 0.15) is 0 Å². The predicted octanol–water partition coefficient (Wildman–Crippen LogP) is 3.39. The van der Waals surface area contributed by atoms with E-state index < -0.39 is 35.6 Å². The Morgan fingerprint density at radius 3 is 1.22 bits per heavy atom. The summed E-state index contributed by atoms with van der Waals surface area (Å²) in [6, 6.07) is 18.1. The van der Waals surface area contributed by atoms with Crippen LogP contribution in [-0.4, -0.2) is 22.2 Å². The first-order valence-electron chi connectivity index (χ1n) is 7.16. The van der Waals surface area contributed by atoms with Crippen LogP contribution in [0.3, 0.4) is 0 Å². The van der Waals surface area contributed by atoms with Crippen LogP contribution in [0.15, 0.2) is 60.7 Å². The van der Waals surface area contributed by atoms with Gasteiger partial charge in [-0.25, -0.2) is 0 Å². The minimum Gasteiger partial charge on any atom is -0.481 e. The summed E-state index contributed by atoms with van der Waals surface area (Å²) in [4.78, 5) is 23.4. The van der Waals surface area contributed by atoms with Crippen molar-refractivity contribution in [3.05, 3.63) is 71.8 Å². The Hall–Kier alpha value is -2.33. The summed E-state index contributed by atoms with van der Waals surface area (Å²) < 4.78 is 0. The summed E-state index contributed by atoms with van der Waals surface area (Å²) in [6.07, 6.45) is 0. The van der Waals surface area contributed by atoms with Crippen molar-refractivity contribution in [2.45, 2.75) is 11.8 Å². The third-order valence-corrected chi connectivity index (χ3v) is 4.49. The van der Waals surface area contributed by atoms with E-state index in [1.165, 1.54) is 0 Å². The Morgan fingerprint density at radius 2 is 0.957 bits per heavy atom. The first-order valence-corrected chi connectivity index (χ1v) is 7.16. The molecule has 120 valence electrons. The zero-order valence-electron chi connectivity index (χ0n) is 12.2. The van der Waals surface area contributed by atoms with E-state index in [0.29, 0.717) is 0 Å². The van der Waals surface area contributed by atoms with Crippen molar-refractivity contribution < 1.29 is 19.8 Å². The van der Waals surface area contributed by atoms with Gasteiger partial charge in [0.25, 0.3) is 0 Å². The van der Waals surface area contributed by atoms with E-state index in [4.69, 9.17) is 0 Å². The molecule has 1 aliphatic rings. The topological polar surface area (TPSA) is 74.6 Å². The molecule has 0 atom stereocenters. The first kappa shape index (κ1) is 17.0. The van der Waals surface area contributed by atoms with Crippen molar-refractivity contribution in [2.24, 2.45) is 11.8 Å². The number of aliphatic carboxylic acids is 2. The summed E-state index contributed by atoms with van der Waals surface area (Å²) in [7, 11) is 0. The molecule has 0 saturated heterocycles. The van der Waals surface area contributed by atoms with Gasteiger partial charge in [-0.3, -0.25) is 9.59 Å². The Bertz CT molecular complexity index is 617. The molecule has 4 nitrogen and oxygen atoms in total. The van der Waals surface area contributed by atoms with Crippen LogP contribution in [0.1, 0.15) is 23.0 Å². The highest BCUT2D eigenvalue weighted by atomic mass is 35.5. The van der Waals surface area contributed by atoms with Crippen LogP contribution in [0.25, 0.3) is 0 Å². The summed E-state index contributed by atoms with van der Waals surface area (Å²) in [5.41, 5.74) is 1.55. The number of halogens is 1. The molecule has 1 saturated carbocycles. The summed E-state index contributed by atoms with van der Waals surface area (Å²) in [6.45, 7) is 0. The molecule has 3 rings (SSSR count). The fourth-order valence-corrected chi connectivity index (χ4v) is 3.54. The lowest BCUT2D eigenvalue weighted by molar-refractivity contribution is -0.159. The van der Waals surface area contributed by atoms with E-state index >= 15 is 0 Å². The molecule has 0 heterocycles. The van der Waals surface area contributed by atoms with Gasteiger partial charge < -0.3 is 10.2 Å². The molecule has 0 bridgehead atoms. The van der Waals surface area contributed by atoms with Crippen LogP contribution in [0.5, 0.6) is 0 Å². The molecule has 2 N–H and O–H groups in total. The van der Waals surface area contributed by atoms with Gasteiger partial charge in [-0.15, -0.1) is 12.4 Å². The number of carboxylic acids is 2. The van der Waals surface area contributed by atoms with Gasteiger partial charge in [0.05, 0.1) is 11.8 Å². The van der Waals surface area contributed by atoms with E-state index in [1.54, 1.807) is 24.3 Å². The molecule has 0 radical (unpaired) electrons. The summed E-state index contributed by atoms with van der Waals surface area (Å²) >= 11 is 0. The van der Waals surface area contributed by atoms with Gasteiger partial charge in [-0.05, 0) is 11.1 Å². The van der Waals surface area contributed by atoms with Gasteiger partial charge >= 0.3 is 11.9 Å². The van der Waals surface area contributed by atoms with Gasteiger partial charge in [0.15, 0.2) is 0 Å². The highest BCUT2D eigenvalue weighted by Crippen LogP contribution is 2.57. The highest BCUT2D eigenvalue weighted by Gasteiger charge is 2.58. The highest BCUT2D eigenvalue weighted by molar-refractivity contribution is 5.85. The maximum atomic E-state index is 11.7. The van der Waals surface area contributed by atoms with Gasteiger partial charge in [-0.2, -0.15) is 0 Å². The molecule has 0 unspecified atom stereocenters. The van der Waals surface area contributed by atoms with E-state index in [2.05, 4.69) is 0 Å².